The normalized spacial score (nSPS) is 10.8. The fourth-order valence-electron chi connectivity index (χ4n) is 2.63. The number of fused-ring (bicyclic) bond motifs is 1. The molecule has 0 aliphatic rings. The van der Waals surface area contributed by atoms with E-state index >= 15 is 0 Å². The van der Waals surface area contributed by atoms with E-state index in [1.54, 1.807) is 24.3 Å². The maximum atomic E-state index is 13.6. The average Bonchev–Trinajstić information content (AvgIpc) is 3.08. The molecule has 0 atom stereocenters. The topological polar surface area (TPSA) is 57.8 Å². The Hall–Kier alpha value is -3.47. The maximum absolute atomic E-state index is 13.6. The second kappa shape index (κ2) is 6.20. The Balaban J connectivity index is 1.57. The lowest BCUT2D eigenvalue weighted by atomic mass is 10.1. The number of anilines is 1. The summed E-state index contributed by atoms with van der Waals surface area (Å²) in [7, 11) is 0. The van der Waals surface area contributed by atoms with Crippen molar-refractivity contribution < 1.29 is 9.18 Å². The van der Waals surface area contributed by atoms with E-state index in [4.69, 9.17) is 0 Å². The van der Waals surface area contributed by atoms with Gasteiger partial charge >= 0.3 is 0 Å². The third-order valence-electron chi connectivity index (χ3n) is 3.93. The van der Waals surface area contributed by atoms with Gasteiger partial charge in [-0.25, -0.2) is 9.37 Å². The molecule has 4 rings (SSSR count). The SMILES string of the molecule is O=C(Nc1ccccc1F)c1ccc(-c2nc3ccccc3[nH]2)cc1. The first-order valence-corrected chi connectivity index (χ1v) is 7.82. The van der Waals surface area contributed by atoms with Crippen molar-refractivity contribution in [3.8, 4) is 11.4 Å². The summed E-state index contributed by atoms with van der Waals surface area (Å²) < 4.78 is 13.6. The molecule has 25 heavy (non-hydrogen) atoms. The highest BCUT2D eigenvalue weighted by Gasteiger charge is 2.10. The fraction of sp³-hybridized carbons (Fsp3) is 0. The second-order valence-corrected chi connectivity index (χ2v) is 5.61. The zero-order valence-corrected chi connectivity index (χ0v) is 13.2. The zero-order valence-electron chi connectivity index (χ0n) is 13.2. The molecule has 4 aromatic rings. The standard InChI is InChI=1S/C20H14FN3O/c21-15-5-1-2-6-16(15)24-20(25)14-11-9-13(10-12-14)19-22-17-7-3-4-8-18(17)23-19/h1-12H,(H,22,23)(H,24,25). The van der Waals surface area contributed by atoms with E-state index in [0.717, 1.165) is 22.4 Å². The lowest BCUT2D eigenvalue weighted by Gasteiger charge is -2.06. The maximum Gasteiger partial charge on any atom is 0.255 e. The number of nitrogens with zero attached hydrogens (tertiary/aromatic N) is 1. The molecule has 2 N–H and O–H groups in total. The van der Waals surface area contributed by atoms with Gasteiger partial charge in [-0.1, -0.05) is 36.4 Å². The van der Waals surface area contributed by atoms with E-state index in [1.165, 1.54) is 12.1 Å². The lowest BCUT2D eigenvalue weighted by Crippen LogP contribution is -2.12. The molecule has 122 valence electrons. The molecular formula is C20H14FN3O. The number of amides is 1. The van der Waals surface area contributed by atoms with E-state index < -0.39 is 5.82 Å². The molecule has 1 aromatic heterocycles. The van der Waals surface area contributed by atoms with Gasteiger partial charge in [0, 0.05) is 11.1 Å². The van der Waals surface area contributed by atoms with Crippen LogP contribution in [0.5, 0.6) is 0 Å². The van der Waals surface area contributed by atoms with Crippen LogP contribution in [0.15, 0.2) is 72.8 Å². The number of aromatic nitrogens is 2. The molecule has 1 heterocycles. The summed E-state index contributed by atoms with van der Waals surface area (Å²) in [5.74, 6) is -0.0849. The van der Waals surface area contributed by atoms with E-state index in [9.17, 15) is 9.18 Å². The Bertz CT molecular complexity index is 1020. The average molecular weight is 331 g/mol. The molecule has 0 aliphatic carbocycles. The number of hydrogen-bond donors (Lipinski definition) is 2. The number of carbonyl (C=O) groups excluding carboxylic acids is 1. The van der Waals surface area contributed by atoms with Crippen LogP contribution in [0, 0.1) is 5.82 Å². The van der Waals surface area contributed by atoms with Crippen molar-refractivity contribution >= 4 is 22.6 Å². The van der Waals surface area contributed by atoms with Crippen LogP contribution in [0.2, 0.25) is 0 Å². The largest absolute Gasteiger partial charge is 0.338 e. The van der Waals surface area contributed by atoms with Gasteiger partial charge < -0.3 is 10.3 Å². The van der Waals surface area contributed by atoms with Gasteiger partial charge in [0.15, 0.2) is 0 Å². The molecule has 0 aliphatic heterocycles. The van der Waals surface area contributed by atoms with Gasteiger partial charge in [0.25, 0.3) is 5.91 Å². The van der Waals surface area contributed by atoms with Gasteiger partial charge in [-0.05, 0) is 36.4 Å². The molecule has 0 spiro atoms. The van der Waals surface area contributed by atoms with E-state index in [0.29, 0.717) is 5.56 Å². The highest BCUT2D eigenvalue weighted by molar-refractivity contribution is 6.04. The quantitative estimate of drug-likeness (QED) is 0.575. The van der Waals surface area contributed by atoms with Crippen LogP contribution in [0.1, 0.15) is 10.4 Å². The van der Waals surface area contributed by atoms with Gasteiger partial charge in [-0.2, -0.15) is 0 Å². The first-order chi connectivity index (χ1) is 12.2. The molecule has 0 saturated heterocycles. The summed E-state index contributed by atoms with van der Waals surface area (Å²) >= 11 is 0. The molecule has 0 unspecified atom stereocenters. The number of rotatable bonds is 3. The Labute approximate surface area is 143 Å². The third-order valence-corrected chi connectivity index (χ3v) is 3.93. The fourth-order valence-corrected chi connectivity index (χ4v) is 2.63. The first-order valence-electron chi connectivity index (χ1n) is 7.82. The summed E-state index contributed by atoms with van der Waals surface area (Å²) in [5, 5.41) is 2.57. The minimum atomic E-state index is -0.463. The van der Waals surface area contributed by atoms with Gasteiger partial charge in [0.2, 0.25) is 0 Å². The van der Waals surface area contributed by atoms with Crippen molar-refractivity contribution in [2.24, 2.45) is 0 Å². The number of halogens is 1. The molecule has 0 radical (unpaired) electrons. The number of nitrogens with one attached hydrogen (secondary N) is 2. The van der Waals surface area contributed by atoms with Crippen molar-refractivity contribution in [3.05, 3.63) is 84.2 Å². The van der Waals surface area contributed by atoms with Crippen LogP contribution in [-0.4, -0.2) is 15.9 Å². The lowest BCUT2D eigenvalue weighted by molar-refractivity contribution is 0.102. The summed E-state index contributed by atoms with van der Waals surface area (Å²) in [6, 6.07) is 20.9. The number of para-hydroxylation sites is 3. The highest BCUT2D eigenvalue weighted by atomic mass is 19.1. The van der Waals surface area contributed by atoms with Crippen LogP contribution < -0.4 is 5.32 Å². The summed E-state index contributed by atoms with van der Waals surface area (Å²) in [5.41, 5.74) is 3.33. The van der Waals surface area contributed by atoms with Crippen molar-refractivity contribution in [1.29, 1.82) is 0 Å². The molecule has 0 fully saturated rings. The smallest absolute Gasteiger partial charge is 0.255 e. The number of imidazole rings is 1. The number of carbonyl (C=O) groups is 1. The molecule has 0 saturated carbocycles. The van der Waals surface area contributed by atoms with Gasteiger partial charge in [-0.15, -0.1) is 0 Å². The minimum Gasteiger partial charge on any atom is -0.338 e. The van der Waals surface area contributed by atoms with Gasteiger partial charge in [0.05, 0.1) is 16.7 Å². The number of H-pyrrole nitrogens is 1. The van der Waals surface area contributed by atoms with Crippen LogP contribution >= 0.6 is 0 Å². The van der Waals surface area contributed by atoms with Gasteiger partial charge in [0.1, 0.15) is 11.6 Å². The van der Waals surface area contributed by atoms with Gasteiger partial charge in [-0.3, -0.25) is 4.79 Å². The Kier molecular flexibility index (Phi) is 3.74. The molecule has 3 aromatic carbocycles. The Morgan fingerprint density at radius 2 is 1.64 bits per heavy atom. The zero-order chi connectivity index (χ0) is 17.2. The van der Waals surface area contributed by atoms with Crippen LogP contribution in [0.4, 0.5) is 10.1 Å². The van der Waals surface area contributed by atoms with Crippen molar-refractivity contribution in [3.63, 3.8) is 0 Å². The van der Waals surface area contributed by atoms with Crippen molar-refractivity contribution in [2.45, 2.75) is 0 Å². The number of hydrogen-bond acceptors (Lipinski definition) is 2. The predicted molar refractivity (Wildman–Crippen MR) is 95.9 cm³/mol. The van der Waals surface area contributed by atoms with Crippen LogP contribution in [-0.2, 0) is 0 Å². The summed E-state index contributed by atoms with van der Waals surface area (Å²) in [6.07, 6.45) is 0. The molecule has 4 nitrogen and oxygen atoms in total. The highest BCUT2D eigenvalue weighted by Crippen LogP contribution is 2.21. The number of benzene rings is 3. The predicted octanol–water partition coefficient (Wildman–Crippen LogP) is 4.62. The second-order valence-electron chi connectivity index (χ2n) is 5.61. The number of aromatic amines is 1. The summed E-state index contributed by atoms with van der Waals surface area (Å²) in [4.78, 5) is 20.0. The third kappa shape index (κ3) is 2.99. The molecule has 0 bridgehead atoms. The van der Waals surface area contributed by atoms with Crippen molar-refractivity contribution in [1.82, 2.24) is 9.97 Å². The monoisotopic (exact) mass is 331 g/mol. The molecule has 5 heteroatoms. The Morgan fingerprint density at radius 1 is 0.920 bits per heavy atom. The Morgan fingerprint density at radius 3 is 2.40 bits per heavy atom. The molecule has 1 amide bonds. The minimum absolute atomic E-state index is 0.161. The van der Waals surface area contributed by atoms with Crippen molar-refractivity contribution in [2.75, 3.05) is 5.32 Å². The van der Waals surface area contributed by atoms with E-state index in [2.05, 4.69) is 15.3 Å². The van der Waals surface area contributed by atoms with E-state index in [1.807, 2.05) is 36.4 Å². The molecular weight excluding hydrogens is 317 g/mol. The summed E-state index contributed by atoms with van der Waals surface area (Å²) in [6.45, 7) is 0. The van der Waals surface area contributed by atoms with E-state index in [-0.39, 0.29) is 11.6 Å². The van der Waals surface area contributed by atoms with Crippen LogP contribution in [0.25, 0.3) is 22.4 Å². The first kappa shape index (κ1) is 15.1. The van der Waals surface area contributed by atoms with Crippen LogP contribution in [0.3, 0.4) is 0 Å².